The normalized spacial score (nSPS) is 10.8. The molecular weight excluding hydrogens is 277 g/mol. The number of aromatic nitrogens is 2. The van der Waals surface area contributed by atoms with Gasteiger partial charge in [-0.2, -0.15) is 0 Å². The molecular formula is C11H11Cl2N3S. The Balaban J connectivity index is 2.24. The molecule has 1 aromatic carbocycles. The molecule has 1 heterocycles. The Morgan fingerprint density at radius 3 is 2.47 bits per heavy atom. The van der Waals surface area contributed by atoms with Crippen LogP contribution in [0.4, 0.5) is 0 Å². The van der Waals surface area contributed by atoms with Crippen LogP contribution in [0.3, 0.4) is 0 Å². The predicted octanol–water partition coefficient (Wildman–Crippen LogP) is 3.40. The third-order valence-corrected chi connectivity index (χ3v) is 3.64. The second kappa shape index (κ2) is 5.78. The van der Waals surface area contributed by atoms with Crippen LogP contribution >= 0.6 is 34.5 Å². The second-order valence-corrected chi connectivity index (χ2v) is 5.49. The number of nitrogens with two attached hydrogens (primary N) is 1. The highest BCUT2D eigenvalue weighted by Gasteiger charge is 2.08. The summed E-state index contributed by atoms with van der Waals surface area (Å²) in [6.07, 6.45) is 1.79. The summed E-state index contributed by atoms with van der Waals surface area (Å²) < 4.78 is 0. The van der Waals surface area contributed by atoms with E-state index in [0.717, 1.165) is 28.4 Å². The van der Waals surface area contributed by atoms with E-state index in [9.17, 15) is 0 Å². The molecule has 0 atom stereocenters. The monoisotopic (exact) mass is 287 g/mol. The quantitative estimate of drug-likeness (QED) is 0.938. The zero-order valence-electron chi connectivity index (χ0n) is 8.99. The molecule has 0 fully saturated rings. The molecule has 17 heavy (non-hydrogen) atoms. The minimum Gasteiger partial charge on any atom is -0.330 e. The number of halogens is 2. The van der Waals surface area contributed by atoms with Crippen molar-refractivity contribution in [3.05, 3.63) is 33.3 Å². The van der Waals surface area contributed by atoms with Crippen molar-refractivity contribution in [2.24, 2.45) is 5.73 Å². The molecule has 0 aliphatic rings. The van der Waals surface area contributed by atoms with E-state index >= 15 is 0 Å². The summed E-state index contributed by atoms with van der Waals surface area (Å²) in [5, 5.41) is 11.3. The van der Waals surface area contributed by atoms with Crippen molar-refractivity contribution in [3.63, 3.8) is 0 Å². The van der Waals surface area contributed by atoms with Crippen molar-refractivity contribution in [1.29, 1.82) is 0 Å². The van der Waals surface area contributed by atoms with Crippen LogP contribution in [-0.2, 0) is 6.42 Å². The number of rotatable bonds is 4. The molecule has 0 radical (unpaired) electrons. The van der Waals surface area contributed by atoms with E-state index in [1.165, 1.54) is 0 Å². The molecule has 2 N–H and O–H groups in total. The summed E-state index contributed by atoms with van der Waals surface area (Å²) in [7, 11) is 0. The van der Waals surface area contributed by atoms with Crippen LogP contribution in [0.2, 0.25) is 10.0 Å². The molecule has 0 amide bonds. The van der Waals surface area contributed by atoms with Crippen LogP contribution < -0.4 is 5.73 Å². The first-order chi connectivity index (χ1) is 8.19. The first-order valence-electron chi connectivity index (χ1n) is 5.18. The van der Waals surface area contributed by atoms with Crippen LogP contribution in [0.5, 0.6) is 0 Å². The Hall–Kier alpha value is -0.680. The van der Waals surface area contributed by atoms with Crippen LogP contribution in [0, 0.1) is 0 Å². The topological polar surface area (TPSA) is 51.8 Å². The van der Waals surface area contributed by atoms with E-state index in [-0.39, 0.29) is 0 Å². The number of hydrogen-bond acceptors (Lipinski definition) is 4. The molecule has 0 aliphatic heterocycles. The summed E-state index contributed by atoms with van der Waals surface area (Å²) in [5.74, 6) is 0. The predicted molar refractivity (Wildman–Crippen MR) is 72.7 cm³/mol. The van der Waals surface area contributed by atoms with Crippen molar-refractivity contribution < 1.29 is 0 Å². The van der Waals surface area contributed by atoms with Crippen LogP contribution in [0.25, 0.3) is 10.6 Å². The number of aryl methyl sites for hydroxylation is 1. The molecule has 0 bridgehead atoms. The lowest BCUT2D eigenvalue weighted by Crippen LogP contribution is -1.99. The van der Waals surface area contributed by atoms with Crippen LogP contribution in [0.15, 0.2) is 18.2 Å². The Labute approximate surface area is 114 Å². The third kappa shape index (κ3) is 3.39. The molecule has 6 heteroatoms. The lowest BCUT2D eigenvalue weighted by molar-refractivity contribution is 0.812. The van der Waals surface area contributed by atoms with E-state index in [4.69, 9.17) is 28.9 Å². The molecule has 3 nitrogen and oxygen atoms in total. The van der Waals surface area contributed by atoms with Crippen molar-refractivity contribution in [2.45, 2.75) is 12.8 Å². The van der Waals surface area contributed by atoms with Gasteiger partial charge in [-0.15, -0.1) is 10.2 Å². The molecule has 2 rings (SSSR count). The Kier molecular flexibility index (Phi) is 4.34. The maximum Gasteiger partial charge on any atom is 0.147 e. The second-order valence-electron chi connectivity index (χ2n) is 3.55. The van der Waals surface area contributed by atoms with Crippen LogP contribution in [-0.4, -0.2) is 16.7 Å². The summed E-state index contributed by atoms with van der Waals surface area (Å²) in [5.41, 5.74) is 6.36. The average molecular weight is 288 g/mol. The molecule has 0 spiro atoms. The maximum atomic E-state index is 5.95. The molecule has 0 aliphatic carbocycles. The summed E-state index contributed by atoms with van der Waals surface area (Å²) in [6.45, 7) is 0.665. The largest absolute Gasteiger partial charge is 0.330 e. The Morgan fingerprint density at radius 1 is 1.12 bits per heavy atom. The first kappa shape index (κ1) is 12.8. The van der Waals surface area contributed by atoms with Gasteiger partial charge in [0.2, 0.25) is 0 Å². The fraction of sp³-hybridized carbons (Fsp3) is 0.273. The van der Waals surface area contributed by atoms with Gasteiger partial charge in [-0.25, -0.2) is 0 Å². The van der Waals surface area contributed by atoms with Gasteiger partial charge in [0.1, 0.15) is 10.0 Å². The van der Waals surface area contributed by atoms with Crippen molar-refractivity contribution in [3.8, 4) is 10.6 Å². The van der Waals surface area contributed by atoms with Crippen molar-refractivity contribution in [2.75, 3.05) is 6.54 Å². The van der Waals surface area contributed by atoms with E-state index in [1.807, 2.05) is 12.1 Å². The average Bonchev–Trinajstić information content (AvgIpc) is 2.73. The fourth-order valence-electron chi connectivity index (χ4n) is 1.40. The van der Waals surface area contributed by atoms with E-state index < -0.39 is 0 Å². The van der Waals surface area contributed by atoms with Gasteiger partial charge in [0.15, 0.2) is 0 Å². The number of hydrogen-bond donors (Lipinski definition) is 1. The number of nitrogens with zero attached hydrogens (tertiary/aromatic N) is 2. The van der Waals surface area contributed by atoms with E-state index in [2.05, 4.69) is 10.2 Å². The zero-order valence-corrected chi connectivity index (χ0v) is 11.3. The smallest absolute Gasteiger partial charge is 0.147 e. The standard InChI is InChI=1S/C11H11Cl2N3S/c12-8-4-7(5-9(13)6-8)11-16-15-10(17-11)2-1-3-14/h4-6H,1-3,14H2. The van der Waals surface area contributed by atoms with Gasteiger partial charge in [0.05, 0.1) is 0 Å². The summed E-state index contributed by atoms with van der Waals surface area (Å²) in [6, 6.07) is 5.37. The Bertz CT molecular complexity index is 493. The van der Waals surface area contributed by atoms with E-state index in [0.29, 0.717) is 16.6 Å². The zero-order chi connectivity index (χ0) is 12.3. The molecule has 2 aromatic rings. The molecule has 0 saturated heterocycles. The summed E-state index contributed by atoms with van der Waals surface area (Å²) >= 11 is 13.4. The minimum absolute atomic E-state index is 0.603. The SMILES string of the molecule is NCCCc1nnc(-c2cc(Cl)cc(Cl)c2)s1. The van der Waals surface area contributed by atoms with Crippen LogP contribution in [0.1, 0.15) is 11.4 Å². The van der Waals surface area contributed by atoms with Gasteiger partial charge in [0, 0.05) is 22.0 Å². The molecule has 0 unspecified atom stereocenters. The molecule has 90 valence electrons. The molecule has 1 aromatic heterocycles. The van der Waals surface area contributed by atoms with Gasteiger partial charge in [-0.05, 0) is 31.2 Å². The van der Waals surface area contributed by atoms with Crippen molar-refractivity contribution in [1.82, 2.24) is 10.2 Å². The third-order valence-electron chi connectivity index (χ3n) is 2.17. The van der Waals surface area contributed by atoms with Crippen molar-refractivity contribution >= 4 is 34.5 Å². The lowest BCUT2D eigenvalue weighted by Gasteiger charge is -1.97. The molecule has 0 saturated carbocycles. The first-order valence-corrected chi connectivity index (χ1v) is 6.75. The van der Waals surface area contributed by atoms with Gasteiger partial charge in [-0.1, -0.05) is 34.5 Å². The Morgan fingerprint density at radius 2 is 1.82 bits per heavy atom. The van der Waals surface area contributed by atoms with E-state index in [1.54, 1.807) is 17.4 Å². The summed E-state index contributed by atoms with van der Waals surface area (Å²) in [4.78, 5) is 0. The highest BCUT2D eigenvalue weighted by atomic mass is 35.5. The van der Waals surface area contributed by atoms with Gasteiger partial charge in [0.25, 0.3) is 0 Å². The fourth-order valence-corrected chi connectivity index (χ4v) is 2.80. The van der Waals surface area contributed by atoms with Gasteiger partial charge < -0.3 is 5.73 Å². The highest BCUT2D eigenvalue weighted by Crippen LogP contribution is 2.29. The lowest BCUT2D eigenvalue weighted by atomic mass is 10.2. The maximum absolute atomic E-state index is 5.95. The van der Waals surface area contributed by atoms with Gasteiger partial charge >= 0.3 is 0 Å². The van der Waals surface area contributed by atoms with Gasteiger partial charge in [-0.3, -0.25) is 0 Å². The number of benzene rings is 1. The minimum atomic E-state index is 0.603. The highest BCUT2D eigenvalue weighted by molar-refractivity contribution is 7.14.